The number of hydrogen-bond donors (Lipinski definition) is 1. The summed E-state index contributed by atoms with van der Waals surface area (Å²) in [5.41, 5.74) is 2.20. The van der Waals surface area contributed by atoms with E-state index in [-0.39, 0.29) is 11.9 Å². The molecule has 2 aliphatic heterocycles. The Hall–Kier alpha value is -2.25. The Morgan fingerprint density at radius 1 is 1.07 bits per heavy atom. The molecule has 2 aromatic rings. The van der Waals surface area contributed by atoms with Crippen molar-refractivity contribution in [3.63, 3.8) is 0 Å². The fraction of sp³-hybridized carbons (Fsp3) is 0.500. The molecule has 0 unspecified atom stereocenters. The monoisotopic (exact) mass is 371 g/mol. The molecule has 144 valence electrons. The number of nitrogens with one attached hydrogen (secondary N) is 1. The molecule has 0 aliphatic carbocycles. The van der Waals surface area contributed by atoms with Crippen molar-refractivity contribution >= 4 is 11.6 Å². The number of hydrogen-bond acceptors (Lipinski definition) is 6. The molecule has 7 heteroatoms. The van der Waals surface area contributed by atoms with E-state index in [1.807, 2.05) is 24.5 Å². The van der Waals surface area contributed by atoms with E-state index in [2.05, 4.69) is 25.1 Å². The van der Waals surface area contributed by atoms with Crippen molar-refractivity contribution in [3.8, 4) is 0 Å². The van der Waals surface area contributed by atoms with Crippen LogP contribution in [0, 0.1) is 5.82 Å². The van der Waals surface area contributed by atoms with E-state index >= 15 is 0 Å². The number of halogens is 1. The predicted octanol–water partition coefficient (Wildman–Crippen LogP) is 2.53. The van der Waals surface area contributed by atoms with Gasteiger partial charge in [-0.05, 0) is 37.1 Å². The Morgan fingerprint density at radius 2 is 1.81 bits per heavy atom. The molecule has 0 bridgehead atoms. The summed E-state index contributed by atoms with van der Waals surface area (Å²) in [7, 11) is 0. The number of piperazine rings is 1. The first-order valence-electron chi connectivity index (χ1n) is 9.65. The Kier molecular flexibility index (Phi) is 5.79. The summed E-state index contributed by atoms with van der Waals surface area (Å²) >= 11 is 0. The van der Waals surface area contributed by atoms with Gasteiger partial charge in [0, 0.05) is 69.5 Å². The third-order valence-corrected chi connectivity index (χ3v) is 5.19. The molecule has 1 atom stereocenters. The fourth-order valence-electron chi connectivity index (χ4n) is 3.61. The van der Waals surface area contributed by atoms with Crippen LogP contribution < -0.4 is 10.2 Å². The zero-order chi connectivity index (χ0) is 18.5. The standard InChI is InChI=1S/C20H26FN5O/c21-17-3-5-18(6-4-17)26-9-7-25(8-10-26)15-16-12-22-20(23-13-16)24-14-19-2-1-11-27-19/h3-6,12-13,19H,1-2,7-11,14-15H2,(H,22,23,24)/t19-/m0/s1. The average molecular weight is 371 g/mol. The van der Waals surface area contributed by atoms with Gasteiger partial charge in [-0.15, -0.1) is 0 Å². The fourth-order valence-corrected chi connectivity index (χ4v) is 3.61. The Morgan fingerprint density at radius 3 is 2.48 bits per heavy atom. The molecule has 0 spiro atoms. The van der Waals surface area contributed by atoms with Crippen molar-refractivity contribution in [1.82, 2.24) is 14.9 Å². The van der Waals surface area contributed by atoms with Crippen LogP contribution in [0.2, 0.25) is 0 Å². The highest BCUT2D eigenvalue weighted by Gasteiger charge is 2.18. The topological polar surface area (TPSA) is 53.5 Å². The molecule has 6 nitrogen and oxygen atoms in total. The van der Waals surface area contributed by atoms with E-state index in [4.69, 9.17) is 4.74 Å². The van der Waals surface area contributed by atoms with Crippen LogP contribution in [0.4, 0.5) is 16.0 Å². The zero-order valence-corrected chi connectivity index (χ0v) is 15.5. The third kappa shape index (κ3) is 4.93. The summed E-state index contributed by atoms with van der Waals surface area (Å²) in [6.45, 7) is 6.29. The lowest BCUT2D eigenvalue weighted by Crippen LogP contribution is -2.46. The molecule has 27 heavy (non-hydrogen) atoms. The maximum absolute atomic E-state index is 13.1. The van der Waals surface area contributed by atoms with Crippen molar-refractivity contribution in [2.45, 2.75) is 25.5 Å². The molecular weight excluding hydrogens is 345 g/mol. The predicted molar refractivity (Wildman–Crippen MR) is 103 cm³/mol. The van der Waals surface area contributed by atoms with Crippen molar-refractivity contribution in [1.29, 1.82) is 0 Å². The van der Waals surface area contributed by atoms with E-state index < -0.39 is 0 Å². The summed E-state index contributed by atoms with van der Waals surface area (Å²) in [5, 5.41) is 3.25. The molecule has 0 saturated carbocycles. The minimum Gasteiger partial charge on any atom is -0.376 e. The van der Waals surface area contributed by atoms with E-state index in [0.717, 1.165) is 70.0 Å². The van der Waals surface area contributed by atoms with E-state index in [9.17, 15) is 4.39 Å². The molecule has 0 amide bonds. The molecule has 4 rings (SSSR count). The second kappa shape index (κ2) is 8.63. The normalized spacial score (nSPS) is 20.8. The van der Waals surface area contributed by atoms with Gasteiger partial charge in [0.15, 0.2) is 0 Å². The second-order valence-electron chi connectivity index (χ2n) is 7.17. The lowest BCUT2D eigenvalue weighted by Gasteiger charge is -2.36. The SMILES string of the molecule is Fc1ccc(N2CCN(Cc3cnc(NC[C@@H]4CCCO4)nc3)CC2)cc1. The Bertz CT molecular complexity index is 710. The number of aromatic nitrogens is 2. The molecule has 2 aliphatic rings. The first kappa shape index (κ1) is 18.1. The highest BCUT2D eigenvalue weighted by Crippen LogP contribution is 2.18. The third-order valence-electron chi connectivity index (χ3n) is 5.19. The maximum atomic E-state index is 13.1. The Labute approximate surface area is 159 Å². The Balaban J connectivity index is 1.23. The number of benzene rings is 1. The van der Waals surface area contributed by atoms with Gasteiger partial charge in [-0.25, -0.2) is 14.4 Å². The van der Waals surface area contributed by atoms with Crippen LogP contribution in [0.3, 0.4) is 0 Å². The van der Waals surface area contributed by atoms with Crippen LogP contribution >= 0.6 is 0 Å². The number of anilines is 2. The van der Waals surface area contributed by atoms with Crippen LogP contribution in [-0.4, -0.2) is 60.3 Å². The van der Waals surface area contributed by atoms with Gasteiger partial charge in [0.05, 0.1) is 6.10 Å². The smallest absolute Gasteiger partial charge is 0.222 e. The van der Waals surface area contributed by atoms with Gasteiger partial charge in [0.1, 0.15) is 5.82 Å². The van der Waals surface area contributed by atoms with Crippen molar-refractivity contribution in [2.75, 3.05) is 49.5 Å². The molecule has 1 aromatic carbocycles. The quantitative estimate of drug-likeness (QED) is 0.842. The van der Waals surface area contributed by atoms with Crippen LogP contribution in [0.1, 0.15) is 18.4 Å². The largest absolute Gasteiger partial charge is 0.376 e. The lowest BCUT2D eigenvalue weighted by molar-refractivity contribution is 0.120. The van der Waals surface area contributed by atoms with Gasteiger partial charge >= 0.3 is 0 Å². The summed E-state index contributed by atoms with van der Waals surface area (Å²) in [6.07, 6.45) is 6.33. The number of rotatable bonds is 6. The zero-order valence-electron chi connectivity index (χ0n) is 15.5. The van der Waals surface area contributed by atoms with Crippen molar-refractivity contribution in [3.05, 3.63) is 48.0 Å². The molecule has 1 N–H and O–H groups in total. The van der Waals surface area contributed by atoms with Gasteiger partial charge in [-0.2, -0.15) is 0 Å². The van der Waals surface area contributed by atoms with Crippen molar-refractivity contribution in [2.24, 2.45) is 0 Å². The molecule has 1 aromatic heterocycles. The van der Waals surface area contributed by atoms with Gasteiger partial charge in [-0.1, -0.05) is 0 Å². The van der Waals surface area contributed by atoms with Gasteiger partial charge < -0.3 is 15.0 Å². The molecule has 2 fully saturated rings. The minimum absolute atomic E-state index is 0.189. The first-order chi connectivity index (χ1) is 13.3. The second-order valence-corrected chi connectivity index (χ2v) is 7.17. The lowest BCUT2D eigenvalue weighted by atomic mass is 10.2. The van der Waals surface area contributed by atoms with Crippen LogP contribution in [0.15, 0.2) is 36.7 Å². The average Bonchev–Trinajstić information content (AvgIpc) is 3.22. The summed E-state index contributed by atoms with van der Waals surface area (Å²) in [4.78, 5) is 13.5. The number of ether oxygens (including phenoxy) is 1. The maximum Gasteiger partial charge on any atom is 0.222 e. The molecule has 2 saturated heterocycles. The molecular formula is C20H26FN5O. The minimum atomic E-state index is -0.189. The molecule has 0 radical (unpaired) electrons. The van der Waals surface area contributed by atoms with Gasteiger partial charge in [-0.3, -0.25) is 4.90 Å². The van der Waals surface area contributed by atoms with Gasteiger partial charge in [0.25, 0.3) is 0 Å². The van der Waals surface area contributed by atoms with Crippen LogP contribution in [-0.2, 0) is 11.3 Å². The van der Waals surface area contributed by atoms with E-state index in [1.165, 1.54) is 12.1 Å². The van der Waals surface area contributed by atoms with Crippen LogP contribution in [0.25, 0.3) is 0 Å². The van der Waals surface area contributed by atoms with Crippen molar-refractivity contribution < 1.29 is 9.13 Å². The first-order valence-corrected chi connectivity index (χ1v) is 9.65. The summed E-state index contributed by atoms with van der Waals surface area (Å²) in [5.74, 6) is 0.474. The summed E-state index contributed by atoms with van der Waals surface area (Å²) < 4.78 is 18.7. The van der Waals surface area contributed by atoms with E-state index in [0.29, 0.717) is 5.95 Å². The highest BCUT2D eigenvalue weighted by atomic mass is 19.1. The van der Waals surface area contributed by atoms with E-state index in [1.54, 1.807) is 0 Å². The van der Waals surface area contributed by atoms with Gasteiger partial charge in [0.2, 0.25) is 5.95 Å². The highest BCUT2D eigenvalue weighted by molar-refractivity contribution is 5.46. The molecule has 3 heterocycles. The van der Waals surface area contributed by atoms with Crippen LogP contribution in [0.5, 0.6) is 0 Å². The number of nitrogens with zero attached hydrogens (tertiary/aromatic N) is 4. The summed E-state index contributed by atoms with van der Waals surface area (Å²) in [6, 6.07) is 6.74.